The number of carbonyl (C=O) groups excluding carboxylic acids is 2. The maximum absolute atomic E-state index is 13.0. The summed E-state index contributed by atoms with van der Waals surface area (Å²) in [6.45, 7) is 9.00. The van der Waals surface area contributed by atoms with E-state index < -0.39 is 11.7 Å². The van der Waals surface area contributed by atoms with Crippen molar-refractivity contribution in [3.8, 4) is 11.5 Å². The summed E-state index contributed by atoms with van der Waals surface area (Å²) in [7, 11) is 3.25. The van der Waals surface area contributed by atoms with Gasteiger partial charge in [0.2, 0.25) is 0 Å². The van der Waals surface area contributed by atoms with Crippen LogP contribution in [0.4, 0.5) is 10.5 Å². The van der Waals surface area contributed by atoms with E-state index in [0.29, 0.717) is 35.8 Å². The summed E-state index contributed by atoms with van der Waals surface area (Å²) in [4.78, 5) is 29.2. The maximum Gasteiger partial charge on any atom is 0.412 e. The van der Waals surface area contributed by atoms with E-state index in [4.69, 9.17) is 14.2 Å². The number of nitrogens with zero attached hydrogens (tertiary/aromatic N) is 2. The average Bonchev–Trinajstić information content (AvgIpc) is 2.78. The van der Waals surface area contributed by atoms with Gasteiger partial charge in [0.25, 0.3) is 5.91 Å². The molecule has 1 fully saturated rings. The minimum Gasteiger partial charge on any atom is -0.493 e. The van der Waals surface area contributed by atoms with Gasteiger partial charge in [0, 0.05) is 44.0 Å². The predicted molar refractivity (Wildman–Crippen MR) is 127 cm³/mol. The fraction of sp³-hybridized carbons (Fsp3) is 0.440. The number of amides is 2. The number of benzene rings is 2. The first-order chi connectivity index (χ1) is 15.7. The van der Waals surface area contributed by atoms with Crippen LogP contribution in [0.1, 0.15) is 36.7 Å². The molecule has 178 valence electrons. The fourth-order valence-electron chi connectivity index (χ4n) is 3.68. The van der Waals surface area contributed by atoms with Gasteiger partial charge in [0.05, 0.1) is 14.2 Å². The van der Waals surface area contributed by atoms with E-state index in [0.717, 1.165) is 25.2 Å². The van der Waals surface area contributed by atoms with E-state index in [1.54, 1.807) is 59.3 Å². The highest BCUT2D eigenvalue weighted by Gasteiger charge is 2.23. The molecule has 33 heavy (non-hydrogen) atoms. The van der Waals surface area contributed by atoms with Crippen molar-refractivity contribution in [3.05, 3.63) is 53.6 Å². The Morgan fingerprint density at radius 1 is 0.939 bits per heavy atom. The van der Waals surface area contributed by atoms with Crippen molar-refractivity contribution < 1.29 is 23.8 Å². The summed E-state index contributed by atoms with van der Waals surface area (Å²) in [5.74, 6) is 1.37. The van der Waals surface area contributed by atoms with Crippen LogP contribution in [0.25, 0.3) is 0 Å². The molecule has 0 saturated carbocycles. The number of ether oxygens (including phenoxy) is 3. The molecule has 0 bridgehead atoms. The van der Waals surface area contributed by atoms with Gasteiger partial charge in [-0.1, -0.05) is 12.1 Å². The Balaban J connectivity index is 1.55. The molecule has 2 aromatic carbocycles. The summed E-state index contributed by atoms with van der Waals surface area (Å²) in [5, 5.41) is 2.69. The van der Waals surface area contributed by atoms with Crippen molar-refractivity contribution in [2.45, 2.75) is 32.9 Å². The Labute approximate surface area is 195 Å². The van der Waals surface area contributed by atoms with Gasteiger partial charge in [-0.15, -0.1) is 0 Å². The van der Waals surface area contributed by atoms with E-state index >= 15 is 0 Å². The molecule has 0 aliphatic carbocycles. The second kappa shape index (κ2) is 10.6. The van der Waals surface area contributed by atoms with Crippen molar-refractivity contribution in [2.24, 2.45) is 0 Å². The van der Waals surface area contributed by atoms with E-state index in [1.165, 1.54) is 0 Å². The van der Waals surface area contributed by atoms with Crippen LogP contribution < -0.4 is 14.8 Å². The molecular formula is C25H33N3O5. The van der Waals surface area contributed by atoms with Gasteiger partial charge in [-0.05, 0) is 56.7 Å². The first-order valence-electron chi connectivity index (χ1n) is 11.0. The van der Waals surface area contributed by atoms with Crippen LogP contribution >= 0.6 is 0 Å². The molecule has 1 aliphatic rings. The maximum atomic E-state index is 13.0. The number of hydrogen-bond donors (Lipinski definition) is 1. The molecule has 0 radical (unpaired) electrons. The van der Waals surface area contributed by atoms with Gasteiger partial charge in [-0.2, -0.15) is 0 Å². The summed E-state index contributed by atoms with van der Waals surface area (Å²) in [6, 6.07) is 12.9. The molecule has 1 aliphatic heterocycles. The smallest absolute Gasteiger partial charge is 0.412 e. The highest BCUT2D eigenvalue weighted by Crippen LogP contribution is 2.28. The molecule has 2 amide bonds. The van der Waals surface area contributed by atoms with Crippen molar-refractivity contribution in [1.29, 1.82) is 0 Å². The number of rotatable bonds is 6. The van der Waals surface area contributed by atoms with E-state index in [2.05, 4.69) is 10.2 Å². The summed E-state index contributed by atoms with van der Waals surface area (Å²) in [6.07, 6.45) is -0.545. The van der Waals surface area contributed by atoms with Crippen LogP contribution in [0.2, 0.25) is 0 Å². The van der Waals surface area contributed by atoms with Gasteiger partial charge in [-0.25, -0.2) is 4.79 Å². The van der Waals surface area contributed by atoms with Gasteiger partial charge in [-0.3, -0.25) is 15.0 Å². The molecule has 0 aromatic heterocycles. The molecule has 0 spiro atoms. The quantitative estimate of drug-likeness (QED) is 0.709. The lowest BCUT2D eigenvalue weighted by atomic mass is 10.1. The number of hydrogen-bond acceptors (Lipinski definition) is 6. The third kappa shape index (κ3) is 6.86. The minimum atomic E-state index is -0.589. The summed E-state index contributed by atoms with van der Waals surface area (Å²) >= 11 is 0. The second-order valence-corrected chi connectivity index (χ2v) is 8.97. The zero-order chi connectivity index (χ0) is 24.0. The Bertz CT molecular complexity index is 978. The Morgan fingerprint density at radius 3 is 2.27 bits per heavy atom. The van der Waals surface area contributed by atoms with Crippen molar-refractivity contribution >= 4 is 17.7 Å². The lowest BCUT2D eigenvalue weighted by molar-refractivity contribution is 0.0620. The van der Waals surface area contributed by atoms with Crippen LogP contribution in [-0.4, -0.2) is 67.8 Å². The van der Waals surface area contributed by atoms with Gasteiger partial charge in [0.15, 0.2) is 11.5 Å². The van der Waals surface area contributed by atoms with Crippen molar-refractivity contribution in [2.75, 3.05) is 45.7 Å². The zero-order valence-corrected chi connectivity index (χ0v) is 20.0. The molecule has 0 unspecified atom stereocenters. The molecule has 1 saturated heterocycles. The Hall–Kier alpha value is -3.26. The minimum absolute atomic E-state index is 0.0476. The van der Waals surface area contributed by atoms with Crippen LogP contribution in [0, 0.1) is 0 Å². The third-order valence-electron chi connectivity index (χ3n) is 5.27. The lowest BCUT2D eigenvalue weighted by Gasteiger charge is -2.35. The highest BCUT2D eigenvalue weighted by atomic mass is 16.6. The standard InChI is InChI=1S/C25H33N3O5/c1-25(2,3)33-24(30)26-20-8-6-7-19(16-20)23(29)28-13-11-27(12-14-28)17-18-9-10-21(31-4)22(15-18)32-5/h6-10,15-16H,11-14,17H2,1-5H3,(H,26,30). The lowest BCUT2D eigenvalue weighted by Crippen LogP contribution is -2.48. The monoisotopic (exact) mass is 455 g/mol. The number of methoxy groups -OCH3 is 2. The Kier molecular flexibility index (Phi) is 7.81. The zero-order valence-electron chi connectivity index (χ0n) is 20.0. The SMILES string of the molecule is COc1ccc(CN2CCN(C(=O)c3cccc(NC(=O)OC(C)(C)C)c3)CC2)cc1OC. The fourth-order valence-corrected chi connectivity index (χ4v) is 3.68. The highest BCUT2D eigenvalue weighted by molar-refractivity contribution is 5.96. The summed E-state index contributed by atoms with van der Waals surface area (Å²) < 4.78 is 16.0. The Morgan fingerprint density at radius 2 is 1.64 bits per heavy atom. The van der Waals surface area contributed by atoms with Crippen LogP contribution in [0.3, 0.4) is 0 Å². The van der Waals surface area contributed by atoms with Crippen LogP contribution in [0.5, 0.6) is 11.5 Å². The first kappa shape index (κ1) is 24.4. The van der Waals surface area contributed by atoms with Gasteiger partial charge in [0.1, 0.15) is 5.60 Å². The number of nitrogens with one attached hydrogen (secondary N) is 1. The van der Waals surface area contributed by atoms with Gasteiger partial charge >= 0.3 is 6.09 Å². The largest absolute Gasteiger partial charge is 0.493 e. The number of carbonyl (C=O) groups is 2. The predicted octanol–water partition coefficient (Wildman–Crippen LogP) is 4.01. The van der Waals surface area contributed by atoms with Crippen molar-refractivity contribution in [1.82, 2.24) is 9.80 Å². The summed E-state index contributed by atoms with van der Waals surface area (Å²) in [5.41, 5.74) is 1.61. The second-order valence-electron chi connectivity index (χ2n) is 8.97. The van der Waals surface area contributed by atoms with Crippen LogP contribution in [0.15, 0.2) is 42.5 Å². The van der Waals surface area contributed by atoms with E-state index in [1.807, 2.05) is 23.1 Å². The average molecular weight is 456 g/mol. The topological polar surface area (TPSA) is 80.3 Å². The van der Waals surface area contributed by atoms with E-state index in [9.17, 15) is 9.59 Å². The van der Waals surface area contributed by atoms with Crippen molar-refractivity contribution in [3.63, 3.8) is 0 Å². The molecule has 3 rings (SSSR count). The van der Waals surface area contributed by atoms with Crippen LogP contribution in [-0.2, 0) is 11.3 Å². The third-order valence-corrected chi connectivity index (χ3v) is 5.27. The molecule has 0 atom stereocenters. The number of anilines is 1. The van der Waals surface area contributed by atoms with E-state index in [-0.39, 0.29) is 5.91 Å². The van der Waals surface area contributed by atoms with Gasteiger partial charge < -0.3 is 19.1 Å². The molecule has 8 nitrogen and oxygen atoms in total. The molecule has 2 aromatic rings. The molecule has 1 N–H and O–H groups in total. The molecule has 1 heterocycles. The normalized spacial score (nSPS) is 14.5. The number of piperazine rings is 1. The molecular weight excluding hydrogens is 422 g/mol. The molecule has 8 heteroatoms. The first-order valence-corrected chi connectivity index (χ1v) is 11.0.